The van der Waals surface area contributed by atoms with Crippen LogP contribution in [0.5, 0.6) is 6.01 Å². The first-order valence-electron chi connectivity index (χ1n) is 16.7. The summed E-state index contributed by atoms with van der Waals surface area (Å²) in [6, 6.07) is 3.35. The Labute approximate surface area is 278 Å². The third kappa shape index (κ3) is 7.68. The van der Waals surface area contributed by atoms with E-state index in [1.807, 2.05) is 13.8 Å². The molecule has 2 N–H and O–H groups in total. The second kappa shape index (κ2) is 15.4. The lowest BCUT2D eigenvalue weighted by molar-refractivity contribution is 0.00927. The number of rotatable bonds is 7. The van der Waals surface area contributed by atoms with E-state index in [0.29, 0.717) is 72.4 Å². The van der Waals surface area contributed by atoms with Gasteiger partial charge in [-0.25, -0.2) is 8.78 Å². The molecule has 0 spiro atoms. The fourth-order valence-electron chi connectivity index (χ4n) is 7.00. The van der Waals surface area contributed by atoms with E-state index < -0.39 is 11.6 Å². The number of nitrogen functional groups attached to an aromatic ring is 1. The summed E-state index contributed by atoms with van der Waals surface area (Å²) < 4.78 is 43.6. The van der Waals surface area contributed by atoms with Crippen LogP contribution in [0.4, 0.5) is 20.3 Å². The molecule has 47 heavy (non-hydrogen) atoms. The number of anilines is 2. The number of nitrogens with two attached hydrogens (primary N) is 1. The van der Waals surface area contributed by atoms with E-state index in [2.05, 4.69) is 53.5 Å². The van der Waals surface area contributed by atoms with E-state index in [-0.39, 0.29) is 34.1 Å². The summed E-state index contributed by atoms with van der Waals surface area (Å²) in [7, 11) is 2.12. The van der Waals surface area contributed by atoms with Gasteiger partial charge in [-0.2, -0.15) is 9.97 Å². The van der Waals surface area contributed by atoms with Gasteiger partial charge in [-0.3, -0.25) is 4.98 Å². The van der Waals surface area contributed by atoms with Crippen LogP contribution in [0.2, 0.25) is 0 Å². The van der Waals surface area contributed by atoms with Crippen LogP contribution in [-0.4, -0.2) is 72.9 Å². The van der Waals surface area contributed by atoms with E-state index >= 15 is 4.39 Å². The van der Waals surface area contributed by atoms with Crippen molar-refractivity contribution >= 4 is 28.0 Å². The number of pyridine rings is 1. The molecule has 0 radical (unpaired) electrons. The summed E-state index contributed by atoms with van der Waals surface area (Å²) in [5, 5.41) is 0.448. The minimum Gasteiger partial charge on any atom is -0.463 e. The Morgan fingerprint density at radius 1 is 1.26 bits per heavy atom. The van der Waals surface area contributed by atoms with Crippen molar-refractivity contribution in [3.8, 4) is 29.6 Å². The van der Waals surface area contributed by atoms with Crippen LogP contribution in [0.1, 0.15) is 65.5 Å². The molecule has 3 atom stereocenters. The van der Waals surface area contributed by atoms with Gasteiger partial charge >= 0.3 is 6.01 Å². The van der Waals surface area contributed by atoms with Crippen molar-refractivity contribution in [1.82, 2.24) is 19.9 Å². The van der Waals surface area contributed by atoms with Crippen LogP contribution in [0.25, 0.3) is 27.7 Å². The van der Waals surface area contributed by atoms with Gasteiger partial charge in [-0.15, -0.1) is 6.42 Å². The largest absolute Gasteiger partial charge is 0.463 e. The normalized spacial score (nSPS) is 22.5. The molecular weight excluding hydrogens is 598 g/mol. The van der Waals surface area contributed by atoms with Gasteiger partial charge in [0.15, 0.2) is 5.82 Å². The summed E-state index contributed by atoms with van der Waals surface area (Å²) in [4.78, 5) is 18.5. The smallest absolute Gasteiger partial charge is 0.319 e. The maximum atomic E-state index is 16.8. The Morgan fingerprint density at radius 3 is 2.68 bits per heavy atom. The molecule has 2 aromatic heterocycles. The molecule has 2 fully saturated rings. The zero-order valence-corrected chi connectivity index (χ0v) is 29.2. The number of aryl methyl sites for hydroxylation is 1. The molecule has 4 heterocycles. The molecule has 2 aliphatic rings. The first-order chi connectivity index (χ1) is 22.4. The number of aromatic nitrogens is 3. The number of terminal acetylenes is 1. The molecule has 0 amide bonds. The standard InChI is InChI=1S/C35H44F2N6O2.C2H6/c1-8-24-10-11-42(7)19-35(24,6)20-45-34-40-32-28(33(41-34)43-12-13-44-18-21(3)17-43)16-39-31(30(32)37)27-15-25(38)14-22(4)29(27)26(9-2)23(5)36;1-2/h2,14-16,21,24H,8,10-13,17-20,38H2,1,3-7H3;1-2H3/b26-23+;/t21?,24?,35-;/m0./s1. The fraction of sp³-hybridized carbons (Fsp3) is 0.541. The number of hydrogen-bond donors (Lipinski definition) is 1. The van der Waals surface area contributed by atoms with Crippen LogP contribution in [0.15, 0.2) is 24.2 Å². The Hall–Kier alpha value is -3.81. The van der Waals surface area contributed by atoms with Crippen molar-refractivity contribution in [2.45, 2.75) is 61.3 Å². The molecule has 1 aromatic carbocycles. The number of fused-ring (bicyclic) bond motifs is 1. The molecule has 2 unspecified atom stereocenters. The van der Waals surface area contributed by atoms with Gasteiger partial charge in [0, 0.05) is 48.1 Å². The first kappa shape index (κ1) is 36.0. The monoisotopic (exact) mass is 648 g/mol. The topological polar surface area (TPSA) is 89.6 Å². The van der Waals surface area contributed by atoms with Gasteiger partial charge in [0.25, 0.3) is 0 Å². The minimum atomic E-state index is -0.686. The zero-order chi connectivity index (χ0) is 34.5. The third-order valence-electron chi connectivity index (χ3n) is 9.23. The highest BCUT2D eigenvalue weighted by molar-refractivity contribution is 5.95. The van der Waals surface area contributed by atoms with E-state index in [1.165, 1.54) is 6.92 Å². The molecule has 0 bridgehead atoms. The number of likely N-dealkylation sites (tertiary alicyclic amines) is 1. The van der Waals surface area contributed by atoms with Gasteiger partial charge in [-0.1, -0.05) is 47.0 Å². The van der Waals surface area contributed by atoms with Crippen molar-refractivity contribution in [2.24, 2.45) is 17.3 Å². The number of nitrogens with zero attached hydrogens (tertiary/aromatic N) is 5. The van der Waals surface area contributed by atoms with Gasteiger partial charge in [0.05, 0.1) is 30.8 Å². The lowest BCUT2D eigenvalue weighted by atomic mass is 9.72. The number of ether oxygens (including phenoxy) is 2. The maximum Gasteiger partial charge on any atom is 0.319 e. The molecule has 3 aromatic rings. The Balaban J connectivity index is 0.00000245. The highest BCUT2D eigenvalue weighted by Gasteiger charge is 2.39. The fourth-order valence-corrected chi connectivity index (χ4v) is 7.00. The second-order valence-electron chi connectivity index (χ2n) is 13.0. The van der Waals surface area contributed by atoms with Crippen molar-refractivity contribution in [3.05, 3.63) is 41.1 Å². The average Bonchev–Trinajstić information content (AvgIpc) is 3.26. The van der Waals surface area contributed by atoms with E-state index in [0.717, 1.165) is 25.9 Å². The van der Waals surface area contributed by atoms with E-state index in [9.17, 15) is 4.39 Å². The van der Waals surface area contributed by atoms with Gasteiger partial charge in [0.1, 0.15) is 22.9 Å². The number of benzene rings is 1. The summed E-state index contributed by atoms with van der Waals surface area (Å²) in [5.74, 6) is 2.43. The lowest BCUT2D eigenvalue weighted by Gasteiger charge is -2.44. The molecular formula is C37H50F2N6O2. The Bertz CT molecular complexity index is 1650. The summed E-state index contributed by atoms with van der Waals surface area (Å²) in [6.45, 7) is 18.3. The highest BCUT2D eigenvalue weighted by Crippen LogP contribution is 2.40. The van der Waals surface area contributed by atoms with Crippen molar-refractivity contribution in [2.75, 3.05) is 63.7 Å². The Morgan fingerprint density at radius 2 is 2.00 bits per heavy atom. The van der Waals surface area contributed by atoms with Crippen molar-refractivity contribution in [3.63, 3.8) is 0 Å². The maximum absolute atomic E-state index is 16.8. The molecule has 0 aliphatic carbocycles. The van der Waals surface area contributed by atoms with Gasteiger partial charge in [-0.05, 0) is 63.4 Å². The second-order valence-corrected chi connectivity index (χ2v) is 13.0. The quantitative estimate of drug-likeness (QED) is 0.211. The van der Waals surface area contributed by atoms with E-state index in [1.54, 1.807) is 25.3 Å². The third-order valence-corrected chi connectivity index (χ3v) is 9.23. The molecule has 0 saturated carbocycles. The summed E-state index contributed by atoms with van der Waals surface area (Å²) in [6.07, 6.45) is 9.41. The predicted molar refractivity (Wildman–Crippen MR) is 187 cm³/mol. The average molecular weight is 649 g/mol. The van der Waals surface area contributed by atoms with Crippen LogP contribution in [-0.2, 0) is 4.74 Å². The van der Waals surface area contributed by atoms with Crippen LogP contribution in [0.3, 0.4) is 0 Å². The summed E-state index contributed by atoms with van der Waals surface area (Å²) in [5.41, 5.74) is 7.76. The number of halogens is 2. The van der Waals surface area contributed by atoms with Gasteiger partial charge in [0.2, 0.25) is 0 Å². The van der Waals surface area contributed by atoms with E-state index in [4.69, 9.17) is 26.6 Å². The first-order valence-corrected chi connectivity index (χ1v) is 16.7. The molecule has 2 aliphatic heterocycles. The van der Waals surface area contributed by atoms with Crippen LogP contribution < -0.4 is 15.4 Å². The lowest BCUT2D eigenvalue weighted by Crippen LogP contribution is -2.48. The van der Waals surface area contributed by atoms with Crippen molar-refractivity contribution < 1.29 is 18.3 Å². The zero-order valence-electron chi connectivity index (χ0n) is 29.2. The number of allylic oxidation sites excluding steroid dienone is 2. The summed E-state index contributed by atoms with van der Waals surface area (Å²) >= 11 is 0. The molecule has 10 heteroatoms. The van der Waals surface area contributed by atoms with Crippen molar-refractivity contribution in [1.29, 1.82) is 0 Å². The Kier molecular flexibility index (Phi) is 11.8. The van der Waals surface area contributed by atoms with Gasteiger partial charge < -0.3 is 25.0 Å². The number of hydrogen-bond acceptors (Lipinski definition) is 8. The van der Waals surface area contributed by atoms with Crippen LogP contribution >= 0.6 is 0 Å². The minimum absolute atomic E-state index is 0.0194. The number of piperidine rings is 1. The molecule has 5 rings (SSSR count). The molecule has 254 valence electrons. The SMILES string of the molecule is C#C/C(=C(/C)F)c1c(C)cc(N)cc1-c1ncc2c(N3CCOCC(C)C3)nc(OC[C@]3(C)CN(C)CCC3CC)nc2c1F.CC. The molecule has 2 saturated heterocycles. The van der Waals surface area contributed by atoms with Crippen LogP contribution in [0, 0.1) is 42.3 Å². The highest BCUT2D eigenvalue weighted by atomic mass is 19.1. The predicted octanol–water partition coefficient (Wildman–Crippen LogP) is 7.30. The molecule has 8 nitrogen and oxygen atoms in total.